The van der Waals surface area contributed by atoms with E-state index in [0.717, 1.165) is 5.56 Å². The minimum atomic E-state index is -5.20. The number of alkyl halides is 3. The Morgan fingerprint density at radius 1 is 0.925 bits per heavy atom. The molecule has 2 unspecified atom stereocenters. The summed E-state index contributed by atoms with van der Waals surface area (Å²) in [6.07, 6.45) is -9.68. The number of carbonyl (C=O) groups excluding carboxylic acids is 6. The number of hydrogen-bond acceptors (Lipinski definition) is 13. The lowest BCUT2D eigenvalue weighted by Crippen LogP contribution is -2.68. The summed E-state index contributed by atoms with van der Waals surface area (Å²) in [5.74, 6) is -5.04. The number of fused-ring (bicyclic) bond motifs is 3. The van der Waals surface area contributed by atoms with Crippen LogP contribution < -0.4 is 5.73 Å². The average molecular weight is 950 g/mol. The van der Waals surface area contributed by atoms with Crippen molar-refractivity contribution in [3.8, 4) is 0 Å². The number of esters is 3. The van der Waals surface area contributed by atoms with Gasteiger partial charge in [0.15, 0.2) is 11.6 Å². The van der Waals surface area contributed by atoms with Gasteiger partial charge in [0.25, 0.3) is 0 Å². The van der Waals surface area contributed by atoms with Crippen molar-refractivity contribution >= 4 is 36.3 Å². The first-order chi connectivity index (χ1) is 30.8. The lowest BCUT2D eigenvalue weighted by molar-refractivity contribution is -0.338. The molecule has 376 valence electrons. The molecule has 0 heterocycles. The van der Waals surface area contributed by atoms with Crippen molar-refractivity contribution in [1.82, 2.24) is 0 Å². The molecule has 2 saturated carbocycles. The second kappa shape index (κ2) is 25.6. The number of benzene rings is 2. The first-order valence-corrected chi connectivity index (χ1v) is 22.0. The third kappa shape index (κ3) is 13.5. The molecule has 2 fully saturated rings. The van der Waals surface area contributed by atoms with E-state index in [-0.39, 0.29) is 62.4 Å². The van der Waals surface area contributed by atoms with E-state index in [1.54, 1.807) is 65.0 Å². The summed E-state index contributed by atoms with van der Waals surface area (Å²) in [6.45, 7) is 17.7. The van der Waals surface area contributed by atoms with E-state index in [1.807, 2.05) is 57.9 Å². The van der Waals surface area contributed by atoms with Crippen LogP contribution in [0.3, 0.4) is 0 Å². The number of nitrogens with two attached hydrogens (primary N) is 1. The Morgan fingerprint density at radius 2 is 1.45 bits per heavy atom. The molecule has 3 aliphatic carbocycles. The predicted molar refractivity (Wildman–Crippen MR) is 247 cm³/mol. The number of aliphatic hydroxyl groups excluding tert-OH is 1. The highest BCUT2D eigenvalue weighted by atomic mass is 19.4. The molecule has 3 aliphatic rings. The molecule has 2 aromatic rings. The lowest BCUT2D eigenvalue weighted by Gasteiger charge is -2.65. The van der Waals surface area contributed by atoms with Crippen molar-refractivity contribution in [1.29, 1.82) is 0 Å². The Hall–Kier alpha value is -4.77. The van der Waals surface area contributed by atoms with Crippen LogP contribution in [0.5, 0.6) is 0 Å². The molecule has 0 aliphatic heterocycles. The van der Waals surface area contributed by atoms with Crippen LogP contribution in [0.2, 0.25) is 0 Å². The Bertz CT molecular complexity index is 1970. The molecule has 0 saturated heterocycles. The van der Waals surface area contributed by atoms with Crippen LogP contribution >= 0.6 is 0 Å². The van der Waals surface area contributed by atoms with Gasteiger partial charge >= 0.3 is 24.3 Å². The summed E-state index contributed by atoms with van der Waals surface area (Å²) in [5, 5.41) is 11.7. The van der Waals surface area contributed by atoms with Gasteiger partial charge in [-0.1, -0.05) is 116 Å². The smallest absolute Gasteiger partial charge is 0.469 e. The van der Waals surface area contributed by atoms with Crippen LogP contribution in [0.4, 0.5) is 13.2 Å². The van der Waals surface area contributed by atoms with E-state index in [0.29, 0.717) is 17.6 Å². The average Bonchev–Trinajstić information content (AvgIpc) is 3.29. The summed E-state index contributed by atoms with van der Waals surface area (Å²) in [5.41, 5.74) is 2.79. The van der Waals surface area contributed by atoms with Gasteiger partial charge in [0.05, 0.1) is 44.3 Å². The maximum atomic E-state index is 15.3. The van der Waals surface area contributed by atoms with Crippen molar-refractivity contribution < 1.29 is 70.7 Å². The number of ketones is 2. The Kier molecular flexibility index (Phi) is 23.0. The number of Topliss-reactive ketones (excluding diaryl/α,β-unsaturated/α-hetero) is 2. The van der Waals surface area contributed by atoms with Gasteiger partial charge in [0, 0.05) is 32.4 Å². The highest BCUT2D eigenvalue weighted by Crippen LogP contribution is 2.68. The molecule has 16 heteroatoms. The second-order valence-corrected chi connectivity index (χ2v) is 18.0. The van der Waals surface area contributed by atoms with Crippen molar-refractivity contribution in [2.45, 2.75) is 132 Å². The zero-order valence-corrected chi connectivity index (χ0v) is 40.4. The van der Waals surface area contributed by atoms with Gasteiger partial charge in [-0.15, -0.1) is 13.2 Å². The summed E-state index contributed by atoms with van der Waals surface area (Å²) in [4.78, 5) is 71.0. The summed E-state index contributed by atoms with van der Waals surface area (Å²) >= 11 is 0. The minimum absolute atomic E-state index is 0. The van der Waals surface area contributed by atoms with Gasteiger partial charge in [-0.05, 0) is 71.5 Å². The molecule has 0 amide bonds. The number of aliphatic hydroxyl groups is 1. The van der Waals surface area contributed by atoms with Gasteiger partial charge in [0.1, 0.15) is 19.0 Å². The van der Waals surface area contributed by atoms with Gasteiger partial charge < -0.3 is 34.6 Å². The highest BCUT2D eigenvalue weighted by molar-refractivity contribution is 5.97. The third-order valence-electron chi connectivity index (χ3n) is 14.6. The van der Waals surface area contributed by atoms with Gasteiger partial charge in [-0.25, -0.2) is 0 Å². The second-order valence-electron chi connectivity index (χ2n) is 18.0. The van der Waals surface area contributed by atoms with Crippen molar-refractivity contribution in [2.75, 3.05) is 27.9 Å². The van der Waals surface area contributed by atoms with Crippen LogP contribution in [-0.2, 0) is 47.7 Å². The fourth-order valence-electron chi connectivity index (χ4n) is 10.4. The van der Waals surface area contributed by atoms with E-state index in [9.17, 15) is 37.5 Å². The molecule has 0 radical (unpaired) electrons. The molecule has 11 atom stereocenters. The number of rotatable bonds is 11. The lowest BCUT2D eigenvalue weighted by atomic mass is 9.40. The third-order valence-corrected chi connectivity index (χ3v) is 14.6. The van der Waals surface area contributed by atoms with Crippen LogP contribution in [-0.4, -0.2) is 100 Å². The van der Waals surface area contributed by atoms with Crippen LogP contribution in [0.25, 0.3) is 0 Å². The van der Waals surface area contributed by atoms with Gasteiger partial charge in [-0.3, -0.25) is 28.7 Å². The highest BCUT2D eigenvalue weighted by Gasteiger charge is 2.69. The van der Waals surface area contributed by atoms with E-state index in [1.165, 1.54) is 28.3 Å². The van der Waals surface area contributed by atoms with Crippen LogP contribution in [0, 0.1) is 39.9 Å². The topological polar surface area (TPSA) is 195 Å². The molecule has 0 spiro atoms. The monoisotopic (exact) mass is 950 g/mol. The maximum absolute atomic E-state index is 15.3. The number of carbonyl (C=O) groups is 6. The summed E-state index contributed by atoms with van der Waals surface area (Å²) in [7, 11) is 4.05. The number of halogens is 3. The summed E-state index contributed by atoms with van der Waals surface area (Å²) in [6, 6.07) is 18.3. The van der Waals surface area contributed by atoms with Crippen molar-refractivity contribution in [3.05, 3.63) is 82.9 Å². The first-order valence-electron chi connectivity index (χ1n) is 22.0. The Balaban J connectivity index is 0.00000142. The van der Waals surface area contributed by atoms with Crippen LogP contribution in [0.15, 0.2) is 71.8 Å². The quantitative estimate of drug-likeness (QED) is 0.0941. The number of hydrogen-bond donors (Lipinski definition) is 2. The number of ether oxygens (including phenoxy) is 5. The van der Waals surface area contributed by atoms with E-state index in [2.05, 4.69) is 9.47 Å². The molecule has 13 nitrogen and oxygen atoms in total. The predicted octanol–water partition coefficient (Wildman–Crippen LogP) is 8.64. The molecule has 67 heavy (non-hydrogen) atoms. The largest absolute Gasteiger partial charge is 0.523 e. The zero-order chi connectivity index (χ0) is 50.5. The van der Waals surface area contributed by atoms with Gasteiger partial charge in [0.2, 0.25) is 0 Å². The number of methoxy groups -OCH3 is 3. The standard InChI is InChI=1S/C43H55F3O7.C3H7NO2.C3H6O2.CH2O.CH4/c1-10-29-32(48)22-34(51-9)42(8)36(29)30(21-31(47)28-19-15-12-16-20-28)41(7)23-33(52-39(50)25(3)24(2)27-17-13-11-14-18-27)26(4)35(40(41,5)6)37(38(42)49)53-43(44,45)46;1-6-3(5)2-4;1-3(4)5-2;1-2;/h11-20,24-25,29-30,32-34,36-37,48H,10,21-23H2,1-9H3;2,4H2,1H3;1-2H3;1H2;1H4/t24-,25-,29-,30+,32-,33+,34+,36?,37-,41+,42?;;;;/m1..../s1. The van der Waals surface area contributed by atoms with E-state index >= 15 is 4.79 Å². The first kappa shape index (κ1) is 60.2. The van der Waals surface area contributed by atoms with Crippen molar-refractivity contribution in [2.24, 2.45) is 45.7 Å². The molecular formula is C51H74F3NO12. The molecule has 3 N–H and O–H groups in total. The SMILES string of the molecule is C.C=O.CC[C@H]1C2[C@H](CC(=O)c3ccccc3)[C@]3(C)C[C@H](OC(=O)[C@H](C)[C@@H](C)c4ccccc4)C(C)=C([C@@H](OC(F)(F)F)C(=O)C2(C)[C@@H](OC)C[C@H]1O)C3(C)C.COC(=O)CN.COC(C)=O. The van der Waals surface area contributed by atoms with Gasteiger partial charge in [-0.2, -0.15) is 0 Å². The Morgan fingerprint density at radius 3 is 1.88 bits per heavy atom. The molecular weight excluding hydrogens is 876 g/mol. The molecule has 0 aromatic heterocycles. The molecule has 2 aromatic carbocycles. The Labute approximate surface area is 394 Å². The fraction of sp³-hybridized carbons (Fsp3) is 0.608. The summed E-state index contributed by atoms with van der Waals surface area (Å²) < 4.78 is 69.1. The van der Waals surface area contributed by atoms with E-state index in [4.69, 9.17) is 24.7 Å². The zero-order valence-electron chi connectivity index (χ0n) is 40.4. The minimum Gasteiger partial charge on any atom is -0.469 e. The maximum Gasteiger partial charge on any atom is 0.523 e. The van der Waals surface area contributed by atoms with Crippen LogP contribution in [0.1, 0.15) is 117 Å². The molecule has 5 rings (SSSR count). The van der Waals surface area contributed by atoms with E-state index < -0.39 is 82.4 Å². The fourth-order valence-corrected chi connectivity index (χ4v) is 10.4. The molecule has 2 bridgehead atoms. The van der Waals surface area contributed by atoms with Crippen molar-refractivity contribution in [3.63, 3.8) is 0 Å². The normalized spacial score (nSPS) is 28.1.